The van der Waals surface area contributed by atoms with Gasteiger partial charge in [0, 0.05) is 10.6 Å². The van der Waals surface area contributed by atoms with Crippen LogP contribution in [0.1, 0.15) is 13.3 Å². The van der Waals surface area contributed by atoms with Gasteiger partial charge in [0.2, 0.25) is 0 Å². The van der Waals surface area contributed by atoms with Crippen molar-refractivity contribution < 1.29 is 0 Å². The lowest BCUT2D eigenvalue weighted by Crippen LogP contribution is -2.07. The first kappa shape index (κ1) is 10.6. The highest BCUT2D eigenvalue weighted by Gasteiger charge is 2.01. The molecule has 1 aromatic rings. The Morgan fingerprint density at radius 1 is 1.31 bits per heavy atom. The van der Waals surface area contributed by atoms with Gasteiger partial charge in [0.15, 0.2) is 0 Å². The van der Waals surface area contributed by atoms with Crippen LogP contribution in [-0.4, -0.2) is 12.3 Å². The summed E-state index contributed by atoms with van der Waals surface area (Å²) in [4.78, 5) is 1.35. The maximum absolute atomic E-state index is 5.49. The van der Waals surface area contributed by atoms with Gasteiger partial charge in [-0.05, 0) is 31.0 Å². The minimum atomic E-state index is 0.718. The first-order chi connectivity index (χ1) is 6.33. The zero-order valence-corrected chi connectivity index (χ0v) is 8.89. The molecule has 0 heterocycles. The summed E-state index contributed by atoms with van der Waals surface area (Å²) in [5, 5.41) is 0. The number of hydrogen-bond donors (Lipinski definition) is 1. The van der Waals surface area contributed by atoms with Crippen LogP contribution in [0.2, 0.25) is 0 Å². The van der Waals surface area contributed by atoms with E-state index < -0.39 is 0 Å². The van der Waals surface area contributed by atoms with Gasteiger partial charge in [-0.15, -0.1) is 11.8 Å². The Labute approximate surface area is 84.7 Å². The summed E-state index contributed by atoms with van der Waals surface area (Å²) < 4.78 is 0. The zero-order chi connectivity index (χ0) is 9.52. The number of thioether (sulfide) groups is 1. The molecule has 0 aromatic heterocycles. The van der Waals surface area contributed by atoms with Crippen molar-refractivity contribution in [3.8, 4) is 0 Å². The van der Waals surface area contributed by atoms with E-state index in [1.54, 1.807) is 0 Å². The Morgan fingerprint density at radius 2 is 2.00 bits per heavy atom. The molecular weight excluding hydrogens is 178 g/mol. The number of hydrogen-bond acceptors (Lipinski definition) is 2. The van der Waals surface area contributed by atoms with Crippen LogP contribution >= 0.6 is 11.8 Å². The molecule has 0 fully saturated rings. The van der Waals surface area contributed by atoms with Crippen LogP contribution in [0.4, 0.5) is 0 Å². The highest BCUT2D eigenvalue weighted by molar-refractivity contribution is 7.99. The Hall–Kier alpha value is -0.470. The maximum Gasteiger partial charge on any atom is 0.00720 e. The van der Waals surface area contributed by atoms with Crippen LogP contribution < -0.4 is 5.73 Å². The van der Waals surface area contributed by atoms with Gasteiger partial charge < -0.3 is 5.73 Å². The predicted octanol–water partition coefficient (Wildman–Crippen LogP) is 2.76. The van der Waals surface area contributed by atoms with Crippen molar-refractivity contribution >= 4 is 11.8 Å². The minimum Gasteiger partial charge on any atom is -0.330 e. The Morgan fingerprint density at radius 3 is 2.62 bits per heavy atom. The van der Waals surface area contributed by atoms with E-state index in [-0.39, 0.29) is 0 Å². The van der Waals surface area contributed by atoms with Crippen molar-refractivity contribution in [1.29, 1.82) is 0 Å². The van der Waals surface area contributed by atoms with E-state index in [0.717, 1.165) is 18.9 Å². The summed E-state index contributed by atoms with van der Waals surface area (Å²) in [7, 11) is 0. The molecule has 0 aliphatic rings. The van der Waals surface area contributed by atoms with Crippen LogP contribution in [0.5, 0.6) is 0 Å². The van der Waals surface area contributed by atoms with Gasteiger partial charge in [0.05, 0.1) is 0 Å². The van der Waals surface area contributed by atoms with Gasteiger partial charge in [-0.25, -0.2) is 0 Å². The molecule has 0 radical (unpaired) electrons. The molecule has 0 spiro atoms. The van der Waals surface area contributed by atoms with Crippen LogP contribution in [0.15, 0.2) is 35.2 Å². The normalized spacial score (nSPS) is 12.8. The van der Waals surface area contributed by atoms with E-state index in [2.05, 4.69) is 31.2 Å². The zero-order valence-electron chi connectivity index (χ0n) is 8.07. The predicted molar refractivity (Wildman–Crippen MR) is 60.0 cm³/mol. The van der Waals surface area contributed by atoms with Crippen LogP contribution in [0, 0.1) is 5.92 Å². The summed E-state index contributed by atoms with van der Waals surface area (Å²) in [6, 6.07) is 10.5. The fourth-order valence-corrected chi connectivity index (χ4v) is 2.12. The molecule has 0 bridgehead atoms. The summed E-state index contributed by atoms with van der Waals surface area (Å²) in [6.07, 6.45) is 1.12. The molecule has 2 N–H and O–H groups in total. The summed E-state index contributed by atoms with van der Waals surface area (Å²) in [5.74, 6) is 1.89. The molecule has 1 atom stereocenters. The second kappa shape index (κ2) is 6.06. The van der Waals surface area contributed by atoms with Crippen molar-refractivity contribution in [1.82, 2.24) is 0 Å². The molecule has 1 rings (SSSR count). The van der Waals surface area contributed by atoms with Gasteiger partial charge in [0.1, 0.15) is 0 Å². The first-order valence-corrected chi connectivity index (χ1v) is 5.69. The van der Waals surface area contributed by atoms with Gasteiger partial charge >= 0.3 is 0 Å². The summed E-state index contributed by atoms with van der Waals surface area (Å²) >= 11 is 1.91. The summed E-state index contributed by atoms with van der Waals surface area (Å²) in [6.45, 7) is 3.05. The lowest BCUT2D eigenvalue weighted by molar-refractivity contribution is 0.606. The van der Waals surface area contributed by atoms with Crippen molar-refractivity contribution in [2.24, 2.45) is 11.7 Å². The highest BCUT2D eigenvalue weighted by atomic mass is 32.2. The quantitative estimate of drug-likeness (QED) is 0.731. The van der Waals surface area contributed by atoms with E-state index >= 15 is 0 Å². The maximum atomic E-state index is 5.49. The lowest BCUT2D eigenvalue weighted by Gasteiger charge is -2.08. The third kappa shape index (κ3) is 4.34. The minimum absolute atomic E-state index is 0.718. The van der Waals surface area contributed by atoms with Crippen LogP contribution in [0.3, 0.4) is 0 Å². The number of nitrogens with two attached hydrogens (primary N) is 1. The van der Waals surface area contributed by atoms with E-state index in [9.17, 15) is 0 Å². The lowest BCUT2D eigenvalue weighted by atomic mass is 10.1. The number of rotatable bonds is 5. The molecule has 2 heteroatoms. The second-order valence-corrected chi connectivity index (χ2v) is 4.40. The van der Waals surface area contributed by atoms with E-state index in [0.29, 0.717) is 0 Å². The molecule has 13 heavy (non-hydrogen) atoms. The molecule has 1 unspecified atom stereocenters. The highest BCUT2D eigenvalue weighted by Crippen LogP contribution is 2.20. The van der Waals surface area contributed by atoms with Gasteiger partial charge in [-0.2, -0.15) is 0 Å². The van der Waals surface area contributed by atoms with E-state index in [1.165, 1.54) is 10.6 Å². The Kier molecular flexibility index (Phi) is 4.94. The molecule has 1 aromatic carbocycles. The molecule has 0 aliphatic carbocycles. The Bertz CT molecular complexity index is 223. The topological polar surface area (TPSA) is 26.0 Å². The smallest absolute Gasteiger partial charge is 0.00720 e. The average molecular weight is 195 g/mol. The van der Waals surface area contributed by atoms with Crippen molar-refractivity contribution in [2.45, 2.75) is 18.2 Å². The van der Waals surface area contributed by atoms with Crippen LogP contribution in [0.25, 0.3) is 0 Å². The molecule has 0 saturated heterocycles. The van der Waals surface area contributed by atoms with Gasteiger partial charge in [0.25, 0.3) is 0 Å². The van der Waals surface area contributed by atoms with Gasteiger partial charge in [-0.3, -0.25) is 0 Å². The molecule has 0 saturated carbocycles. The van der Waals surface area contributed by atoms with Crippen molar-refractivity contribution in [3.63, 3.8) is 0 Å². The van der Waals surface area contributed by atoms with E-state index in [4.69, 9.17) is 5.73 Å². The first-order valence-electron chi connectivity index (χ1n) is 4.71. The SMILES string of the molecule is CC(CCN)CSc1ccccc1. The van der Waals surface area contributed by atoms with Crippen molar-refractivity contribution in [2.75, 3.05) is 12.3 Å². The molecular formula is C11H17NS. The molecule has 72 valence electrons. The fraction of sp³-hybridized carbons (Fsp3) is 0.455. The molecule has 0 amide bonds. The van der Waals surface area contributed by atoms with Crippen LogP contribution in [-0.2, 0) is 0 Å². The fourth-order valence-electron chi connectivity index (χ4n) is 1.12. The molecule has 1 nitrogen and oxygen atoms in total. The summed E-state index contributed by atoms with van der Waals surface area (Å²) in [5.41, 5.74) is 5.49. The Balaban J connectivity index is 2.27. The second-order valence-electron chi connectivity index (χ2n) is 3.31. The standard InChI is InChI=1S/C11H17NS/c1-10(7-8-12)9-13-11-5-3-2-4-6-11/h2-6,10H,7-9,12H2,1H3. The van der Waals surface area contributed by atoms with Gasteiger partial charge in [-0.1, -0.05) is 25.1 Å². The van der Waals surface area contributed by atoms with Crippen molar-refractivity contribution in [3.05, 3.63) is 30.3 Å². The monoisotopic (exact) mass is 195 g/mol. The number of benzene rings is 1. The molecule has 0 aliphatic heterocycles. The third-order valence-electron chi connectivity index (χ3n) is 1.94. The average Bonchev–Trinajstić information content (AvgIpc) is 2.17. The largest absolute Gasteiger partial charge is 0.330 e. The van der Waals surface area contributed by atoms with E-state index in [1.807, 2.05) is 17.8 Å². The third-order valence-corrected chi connectivity index (χ3v) is 3.28.